The van der Waals surface area contributed by atoms with E-state index < -0.39 is 0 Å². The van der Waals surface area contributed by atoms with Crippen LogP contribution in [0.3, 0.4) is 0 Å². The van der Waals surface area contributed by atoms with Crippen LogP contribution < -0.4 is 0 Å². The molecule has 0 spiro atoms. The van der Waals surface area contributed by atoms with Gasteiger partial charge in [-0.05, 0) is 56.0 Å². The normalized spacial score (nSPS) is 11.1. The van der Waals surface area contributed by atoms with Crippen LogP contribution in [-0.2, 0) is 11.2 Å². The van der Waals surface area contributed by atoms with E-state index >= 15 is 0 Å². The Morgan fingerprint density at radius 1 is 1.11 bits per heavy atom. The van der Waals surface area contributed by atoms with E-state index in [2.05, 4.69) is 13.0 Å². The number of nitriles is 1. The zero-order valence-electron chi connectivity index (χ0n) is 16.7. The van der Waals surface area contributed by atoms with Gasteiger partial charge in [-0.25, -0.2) is 0 Å². The second-order valence-corrected chi connectivity index (χ2v) is 6.79. The fraction of sp³-hybridized carbons (Fsp3) is 0.333. The molecule has 146 valence electrons. The minimum Gasteiger partial charge on any atom is -0.381 e. The second-order valence-electron chi connectivity index (χ2n) is 6.79. The lowest BCUT2D eigenvalue weighted by molar-refractivity contribution is 0.0792. The molecule has 4 nitrogen and oxygen atoms in total. The molecule has 1 amide bonds. The van der Waals surface area contributed by atoms with E-state index in [0.717, 1.165) is 37.0 Å². The number of hydrogen-bond donors (Lipinski definition) is 0. The number of carbonyl (C=O) groups is 1. The van der Waals surface area contributed by atoms with E-state index in [1.54, 1.807) is 4.90 Å². The molecule has 0 aromatic heterocycles. The summed E-state index contributed by atoms with van der Waals surface area (Å²) in [5, 5.41) is 8.92. The summed E-state index contributed by atoms with van der Waals surface area (Å²) in [4.78, 5) is 14.7. The number of carbonyl (C=O) groups excluding carboxylic acids is 1. The van der Waals surface area contributed by atoms with Crippen LogP contribution in [0.25, 0.3) is 0 Å². The summed E-state index contributed by atoms with van der Waals surface area (Å²) in [6, 6.07) is 19.0. The first kappa shape index (κ1) is 21.4. The zero-order valence-corrected chi connectivity index (χ0v) is 16.7. The van der Waals surface area contributed by atoms with Gasteiger partial charge >= 0.3 is 0 Å². The fourth-order valence-corrected chi connectivity index (χ4v) is 2.89. The van der Waals surface area contributed by atoms with Crippen molar-refractivity contribution in [3.05, 3.63) is 83.1 Å². The molecule has 0 atom stereocenters. The van der Waals surface area contributed by atoms with Crippen molar-refractivity contribution < 1.29 is 9.53 Å². The molecule has 2 aromatic carbocycles. The highest BCUT2D eigenvalue weighted by atomic mass is 16.5. The summed E-state index contributed by atoms with van der Waals surface area (Å²) in [6.45, 7) is 6.12. The largest absolute Gasteiger partial charge is 0.381 e. The van der Waals surface area contributed by atoms with Crippen molar-refractivity contribution >= 4 is 5.91 Å². The number of hydrogen-bond acceptors (Lipinski definition) is 3. The highest BCUT2D eigenvalue weighted by molar-refractivity contribution is 5.94. The quantitative estimate of drug-likeness (QED) is 0.551. The fourth-order valence-electron chi connectivity index (χ4n) is 2.89. The Balaban J connectivity index is 2.08. The molecule has 2 aromatic rings. The maximum atomic E-state index is 12.9. The van der Waals surface area contributed by atoms with Crippen molar-refractivity contribution in [1.29, 1.82) is 5.26 Å². The van der Waals surface area contributed by atoms with Crippen molar-refractivity contribution in [2.24, 2.45) is 0 Å². The van der Waals surface area contributed by atoms with Gasteiger partial charge in [-0.1, -0.05) is 42.8 Å². The third-order valence-corrected chi connectivity index (χ3v) is 4.26. The van der Waals surface area contributed by atoms with Gasteiger partial charge in [-0.2, -0.15) is 5.26 Å². The van der Waals surface area contributed by atoms with E-state index in [-0.39, 0.29) is 5.91 Å². The minimum atomic E-state index is -0.00438. The first-order valence-corrected chi connectivity index (χ1v) is 9.74. The van der Waals surface area contributed by atoms with Gasteiger partial charge in [0.2, 0.25) is 0 Å². The van der Waals surface area contributed by atoms with Gasteiger partial charge in [0.05, 0.1) is 11.6 Å². The Morgan fingerprint density at radius 2 is 1.82 bits per heavy atom. The predicted octanol–water partition coefficient (Wildman–Crippen LogP) is 4.96. The van der Waals surface area contributed by atoms with Gasteiger partial charge in [0, 0.05) is 31.5 Å². The van der Waals surface area contributed by atoms with E-state index in [9.17, 15) is 4.79 Å². The summed E-state index contributed by atoms with van der Waals surface area (Å²) < 4.78 is 5.56. The van der Waals surface area contributed by atoms with Crippen molar-refractivity contribution in [1.82, 2.24) is 4.90 Å². The number of ether oxygens (including phenoxy) is 1. The average molecular weight is 377 g/mol. The summed E-state index contributed by atoms with van der Waals surface area (Å²) in [6.07, 6.45) is 4.46. The molecule has 0 N–H and O–H groups in total. The van der Waals surface area contributed by atoms with Gasteiger partial charge < -0.3 is 9.64 Å². The third-order valence-electron chi connectivity index (χ3n) is 4.26. The van der Waals surface area contributed by atoms with Crippen molar-refractivity contribution in [2.45, 2.75) is 33.1 Å². The number of nitrogens with zero attached hydrogens (tertiary/aromatic N) is 2. The standard InChI is InChI=1S/C24H28N2O2/c1-3-15-28-16-7-14-26(24(27)23-8-5-4-6-9-23)19-20(2)17-21-10-12-22(18-25)13-11-21/h4-6,8-13,19H,3,7,14-17H2,1-2H3. The van der Waals surface area contributed by atoms with E-state index in [0.29, 0.717) is 24.3 Å². The van der Waals surface area contributed by atoms with Crippen LogP contribution in [0.5, 0.6) is 0 Å². The molecule has 0 saturated heterocycles. The highest BCUT2D eigenvalue weighted by Crippen LogP contribution is 2.13. The molecule has 0 aliphatic rings. The van der Waals surface area contributed by atoms with Crippen LogP contribution in [0.4, 0.5) is 0 Å². The van der Waals surface area contributed by atoms with Crippen molar-refractivity contribution in [2.75, 3.05) is 19.8 Å². The Bertz CT molecular complexity index is 805. The van der Waals surface area contributed by atoms with Gasteiger partial charge in [0.25, 0.3) is 5.91 Å². The van der Waals surface area contributed by atoms with Crippen LogP contribution in [0, 0.1) is 11.3 Å². The molecule has 0 bridgehead atoms. The van der Waals surface area contributed by atoms with E-state index in [1.165, 1.54) is 0 Å². The molecule has 0 fully saturated rings. The van der Waals surface area contributed by atoms with Crippen LogP contribution in [0.15, 0.2) is 66.4 Å². The number of amides is 1. The molecule has 28 heavy (non-hydrogen) atoms. The maximum Gasteiger partial charge on any atom is 0.257 e. The van der Waals surface area contributed by atoms with Crippen LogP contribution in [0.1, 0.15) is 48.2 Å². The molecule has 0 heterocycles. The lowest BCUT2D eigenvalue weighted by atomic mass is 10.1. The van der Waals surface area contributed by atoms with Crippen LogP contribution in [-0.4, -0.2) is 30.6 Å². The highest BCUT2D eigenvalue weighted by Gasteiger charge is 2.13. The van der Waals surface area contributed by atoms with Crippen LogP contribution >= 0.6 is 0 Å². The minimum absolute atomic E-state index is 0.00438. The van der Waals surface area contributed by atoms with E-state index in [4.69, 9.17) is 10.00 Å². The monoisotopic (exact) mass is 376 g/mol. The van der Waals surface area contributed by atoms with Gasteiger partial charge in [-0.15, -0.1) is 0 Å². The van der Waals surface area contributed by atoms with Crippen molar-refractivity contribution in [3.8, 4) is 6.07 Å². The number of benzene rings is 2. The molecule has 0 unspecified atom stereocenters. The molecule has 0 saturated carbocycles. The number of rotatable bonds is 10. The lowest BCUT2D eigenvalue weighted by Crippen LogP contribution is -2.28. The maximum absolute atomic E-state index is 12.9. The summed E-state index contributed by atoms with van der Waals surface area (Å²) in [5.41, 5.74) is 3.53. The Morgan fingerprint density at radius 3 is 2.46 bits per heavy atom. The van der Waals surface area contributed by atoms with Gasteiger partial charge in [0.1, 0.15) is 0 Å². The van der Waals surface area contributed by atoms with E-state index in [1.807, 2.05) is 67.7 Å². The molecular formula is C24H28N2O2. The second kappa shape index (κ2) is 11.7. The summed E-state index contributed by atoms with van der Waals surface area (Å²) in [5.74, 6) is -0.00438. The molecule has 0 aliphatic heterocycles. The zero-order chi connectivity index (χ0) is 20.2. The first-order valence-electron chi connectivity index (χ1n) is 9.74. The van der Waals surface area contributed by atoms with Gasteiger partial charge in [-0.3, -0.25) is 4.79 Å². The van der Waals surface area contributed by atoms with Crippen LogP contribution in [0.2, 0.25) is 0 Å². The Labute approximate surface area is 168 Å². The van der Waals surface area contributed by atoms with Crippen molar-refractivity contribution in [3.63, 3.8) is 0 Å². The Kier molecular flexibility index (Phi) is 8.97. The van der Waals surface area contributed by atoms with Gasteiger partial charge in [0.15, 0.2) is 0 Å². The Hall–Kier alpha value is -2.90. The molecular weight excluding hydrogens is 348 g/mol. The molecule has 4 heteroatoms. The summed E-state index contributed by atoms with van der Waals surface area (Å²) >= 11 is 0. The topological polar surface area (TPSA) is 53.3 Å². The summed E-state index contributed by atoms with van der Waals surface area (Å²) in [7, 11) is 0. The molecule has 2 rings (SSSR count). The third kappa shape index (κ3) is 7.02. The average Bonchev–Trinajstić information content (AvgIpc) is 2.73. The first-order chi connectivity index (χ1) is 13.6. The lowest BCUT2D eigenvalue weighted by Gasteiger charge is -2.20. The smallest absolute Gasteiger partial charge is 0.257 e. The SMILES string of the molecule is CCCOCCCN(C=C(C)Cc1ccc(C#N)cc1)C(=O)c1ccccc1. The molecule has 0 radical (unpaired) electrons. The predicted molar refractivity (Wildman–Crippen MR) is 112 cm³/mol. The molecule has 0 aliphatic carbocycles. The number of allylic oxidation sites excluding steroid dienone is 1.